The first kappa shape index (κ1) is 19.9. The Balaban J connectivity index is 1.60. The number of ether oxygens (including phenoxy) is 2. The summed E-state index contributed by atoms with van der Waals surface area (Å²) in [6, 6.07) is 18.5. The normalized spacial score (nSPS) is 15.6. The van der Waals surface area contributed by atoms with Gasteiger partial charge < -0.3 is 18.9 Å². The number of hydrogen-bond acceptors (Lipinski definition) is 4. The summed E-state index contributed by atoms with van der Waals surface area (Å²) in [6.45, 7) is 6.11. The highest BCUT2D eigenvalue weighted by Gasteiger charge is 2.14. The Morgan fingerprint density at radius 1 is 1.07 bits per heavy atom. The van der Waals surface area contributed by atoms with Gasteiger partial charge in [-0.25, -0.2) is 4.99 Å². The van der Waals surface area contributed by atoms with Crippen LogP contribution in [-0.2, 0) is 11.3 Å². The summed E-state index contributed by atoms with van der Waals surface area (Å²) in [5.41, 5.74) is 3.39. The zero-order valence-corrected chi connectivity index (χ0v) is 17.7. The van der Waals surface area contributed by atoms with Gasteiger partial charge in [0, 0.05) is 18.3 Å². The molecular weight excluding hydrogens is 382 g/mol. The minimum absolute atomic E-state index is 0.876. The molecule has 1 fully saturated rings. The number of rotatable bonds is 7. The summed E-state index contributed by atoms with van der Waals surface area (Å²) in [6.07, 6.45) is 1.12. The first-order valence-electron chi connectivity index (χ1n) is 10.2. The maximum atomic E-state index is 5.48. The lowest BCUT2D eigenvalue weighted by atomic mass is 10.1. The Morgan fingerprint density at radius 3 is 2.55 bits per heavy atom. The molecule has 29 heavy (non-hydrogen) atoms. The quantitative estimate of drug-likeness (QED) is 0.651. The van der Waals surface area contributed by atoms with E-state index in [1.807, 2.05) is 30.3 Å². The number of quaternary nitrogens is 1. The maximum Gasteiger partial charge on any atom is 0.190 e. The molecule has 0 saturated carbocycles. The third-order valence-corrected chi connectivity index (χ3v) is 6.14. The lowest BCUT2D eigenvalue weighted by Gasteiger charge is -2.23. The van der Waals surface area contributed by atoms with Crippen molar-refractivity contribution in [2.45, 2.75) is 13.0 Å². The number of nitrogens with zero attached hydrogens (tertiary/aromatic N) is 2. The smallest absolute Gasteiger partial charge is 0.190 e. The van der Waals surface area contributed by atoms with Crippen LogP contribution in [0.1, 0.15) is 6.42 Å². The van der Waals surface area contributed by atoms with Gasteiger partial charge in [0.2, 0.25) is 0 Å². The number of benzene rings is 2. The van der Waals surface area contributed by atoms with Crippen molar-refractivity contribution in [1.82, 2.24) is 4.57 Å². The molecule has 2 heterocycles. The van der Waals surface area contributed by atoms with Crippen molar-refractivity contribution >= 4 is 17.0 Å². The highest BCUT2D eigenvalue weighted by Crippen LogP contribution is 2.23. The van der Waals surface area contributed by atoms with Gasteiger partial charge in [0.1, 0.15) is 18.8 Å². The van der Waals surface area contributed by atoms with Gasteiger partial charge in [0.05, 0.1) is 38.2 Å². The van der Waals surface area contributed by atoms with Crippen LogP contribution in [-0.4, -0.2) is 44.5 Å². The monoisotopic (exact) mass is 410 g/mol. The number of morpholine rings is 1. The second-order valence-electron chi connectivity index (χ2n) is 7.20. The summed E-state index contributed by atoms with van der Waals surface area (Å²) in [7, 11) is 1.70. The summed E-state index contributed by atoms with van der Waals surface area (Å²) in [5, 5.41) is 2.21. The maximum absolute atomic E-state index is 5.48. The Hall–Kier alpha value is -2.41. The molecule has 6 heteroatoms. The molecule has 0 radical (unpaired) electrons. The molecule has 0 bridgehead atoms. The third-order valence-electron chi connectivity index (χ3n) is 5.28. The highest BCUT2D eigenvalue weighted by molar-refractivity contribution is 7.07. The van der Waals surface area contributed by atoms with Crippen LogP contribution in [0.15, 0.2) is 65.0 Å². The SMILES string of the molecule is COc1ccc(-c2csc(=Nc3ccccc3)n2CCC[NH+]2CCOCC2)cc1. The van der Waals surface area contributed by atoms with Gasteiger partial charge in [-0.05, 0) is 42.0 Å². The topological polar surface area (TPSA) is 40.2 Å². The second kappa shape index (κ2) is 9.87. The fourth-order valence-corrected chi connectivity index (χ4v) is 4.59. The lowest BCUT2D eigenvalue weighted by Crippen LogP contribution is -3.14. The van der Waals surface area contributed by atoms with Crippen molar-refractivity contribution in [2.75, 3.05) is 40.0 Å². The number of para-hydroxylation sites is 1. The van der Waals surface area contributed by atoms with Crippen molar-refractivity contribution in [3.8, 4) is 17.0 Å². The van der Waals surface area contributed by atoms with Gasteiger partial charge in [-0.2, -0.15) is 0 Å². The molecule has 1 aromatic heterocycles. The van der Waals surface area contributed by atoms with Gasteiger partial charge in [0.25, 0.3) is 0 Å². The van der Waals surface area contributed by atoms with E-state index >= 15 is 0 Å². The van der Waals surface area contributed by atoms with Gasteiger partial charge in [0.15, 0.2) is 4.80 Å². The molecule has 152 valence electrons. The number of methoxy groups -OCH3 is 1. The largest absolute Gasteiger partial charge is 0.497 e. The average Bonchev–Trinajstić information content (AvgIpc) is 3.17. The number of hydrogen-bond donors (Lipinski definition) is 1. The molecule has 1 saturated heterocycles. The zero-order valence-electron chi connectivity index (χ0n) is 16.8. The summed E-state index contributed by atoms with van der Waals surface area (Å²) >= 11 is 1.70. The molecule has 0 spiro atoms. The van der Waals surface area contributed by atoms with E-state index in [-0.39, 0.29) is 0 Å². The van der Waals surface area contributed by atoms with E-state index < -0.39 is 0 Å². The molecule has 1 N–H and O–H groups in total. The Bertz CT molecular complexity index is 958. The fraction of sp³-hybridized carbons (Fsp3) is 0.348. The van der Waals surface area contributed by atoms with E-state index in [0.29, 0.717) is 0 Å². The van der Waals surface area contributed by atoms with Crippen LogP contribution >= 0.6 is 11.3 Å². The van der Waals surface area contributed by atoms with Crippen molar-refractivity contribution in [1.29, 1.82) is 0 Å². The molecule has 1 aliphatic rings. The average molecular weight is 411 g/mol. The van der Waals surface area contributed by atoms with E-state index in [2.05, 4.69) is 34.2 Å². The van der Waals surface area contributed by atoms with Crippen molar-refractivity contribution in [2.24, 2.45) is 4.99 Å². The van der Waals surface area contributed by atoms with Crippen LogP contribution in [0.25, 0.3) is 11.3 Å². The van der Waals surface area contributed by atoms with E-state index in [1.165, 1.54) is 17.8 Å². The number of nitrogens with one attached hydrogen (secondary N) is 1. The third kappa shape index (κ3) is 5.15. The molecule has 0 unspecified atom stereocenters. The van der Waals surface area contributed by atoms with Crippen LogP contribution in [0, 0.1) is 0 Å². The summed E-state index contributed by atoms with van der Waals surface area (Å²) in [5.74, 6) is 0.876. The lowest BCUT2D eigenvalue weighted by molar-refractivity contribution is -0.908. The van der Waals surface area contributed by atoms with E-state index in [9.17, 15) is 0 Å². The summed E-state index contributed by atoms with van der Waals surface area (Å²) in [4.78, 5) is 7.60. The number of thiazole rings is 1. The Kier molecular flexibility index (Phi) is 6.77. The molecular formula is C23H28N3O2S+. The minimum atomic E-state index is 0.876. The van der Waals surface area contributed by atoms with Crippen molar-refractivity contribution in [3.63, 3.8) is 0 Å². The molecule has 1 aliphatic heterocycles. The predicted octanol–water partition coefficient (Wildman–Crippen LogP) is 2.76. The van der Waals surface area contributed by atoms with E-state index in [1.54, 1.807) is 23.3 Å². The molecule has 3 aromatic rings. The van der Waals surface area contributed by atoms with Gasteiger partial charge in [-0.1, -0.05) is 18.2 Å². The van der Waals surface area contributed by atoms with Crippen LogP contribution in [0.2, 0.25) is 0 Å². The van der Waals surface area contributed by atoms with Gasteiger partial charge in [-0.15, -0.1) is 11.3 Å². The van der Waals surface area contributed by atoms with Crippen LogP contribution in [0.4, 0.5) is 5.69 Å². The fourth-order valence-electron chi connectivity index (χ4n) is 3.64. The molecule has 4 rings (SSSR count). The van der Waals surface area contributed by atoms with E-state index in [4.69, 9.17) is 14.5 Å². The Morgan fingerprint density at radius 2 is 1.83 bits per heavy atom. The van der Waals surface area contributed by atoms with E-state index in [0.717, 1.165) is 55.5 Å². The van der Waals surface area contributed by atoms with Crippen LogP contribution in [0.3, 0.4) is 0 Å². The van der Waals surface area contributed by atoms with Gasteiger partial charge in [-0.3, -0.25) is 0 Å². The van der Waals surface area contributed by atoms with Crippen LogP contribution in [0.5, 0.6) is 5.75 Å². The Labute approximate surface area is 175 Å². The molecule has 5 nitrogen and oxygen atoms in total. The minimum Gasteiger partial charge on any atom is -0.497 e. The first-order valence-corrected chi connectivity index (χ1v) is 11.1. The molecule has 0 aliphatic carbocycles. The second-order valence-corrected chi connectivity index (χ2v) is 8.03. The van der Waals surface area contributed by atoms with Crippen molar-refractivity contribution in [3.05, 3.63) is 64.8 Å². The zero-order chi connectivity index (χ0) is 19.9. The predicted molar refractivity (Wildman–Crippen MR) is 117 cm³/mol. The van der Waals surface area contributed by atoms with Crippen molar-refractivity contribution < 1.29 is 14.4 Å². The standard InChI is InChI=1S/C23H27N3O2S/c1-27-21-10-8-19(9-11-21)22-18-29-23(24-20-6-3-2-4-7-20)26(22)13-5-12-25-14-16-28-17-15-25/h2-4,6-11,18H,5,12-17H2,1H3/p+1. The molecule has 2 aromatic carbocycles. The summed E-state index contributed by atoms with van der Waals surface area (Å²) < 4.78 is 13.2. The first-order chi connectivity index (χ1) is 14.3. The molecule has 0 atom stereocenters. The van der Waals surface area contributed by atoms with Gasteiger partial charge >= 0.3 is 0 Å². The highest BCUT2D eigenvalue weighted by atomic mass is 32.1. The molecule has 0 amide bonds. The number of aromatic nitrogens is 1. The van der Waals surface area contributed by atoms with Crippen LogP contribution < -0.4 is 14.4 Å².